The van der Waals surface area contributed by atoms with Crippen LogP contribution in [-0.2, 0) is 4.74 Å². The quantitative estimate of drug-likeness (QED) is 0.928. The molecular formula is C19H29NO2. The van der Waals surface area contributed by atoms with Gasteiger partial charge < -0.3 is 9.84 Å². The van der Waals surface area contributed by atoms with Crippen molar-refractivity contribution in [1.29, 1.82) is 0 Å². The Morgan fingerprint density at radius 3 is 2.68 bits per heavy atom. The van der Waals surface area contributed by atoms with E-state index in [0.29, 0.717) is 0 Å². The zero-order valence-electron chi connectivity index (χ0n) is 13.7. The van der Waals surface area contributed by atoms with Gasteiger partial charge in [-0.15, -0.1) is 0 Å². The summed E-state index contributed by atoms with van der Waals surface area (Å²) in [5.41, 5.74) is 0.733. The molecule has 2 aliphatic rings. The zero-order valence-corrected chi connectivity index (χ0v) is 13.7. The summed E-state index contributed by atoms with van der Waals surface area (Å²) in [5, 5.41) is 11.5. The van der Waals surface area contributed by atoms with Gasteiger partial charge in [0.1, 0.15) is 0 Å². The van der Waals surface area contributed by atoms with Gasteiger partial charge in [-0.1, -0.05) is 50.1 Å². The lowest BCUT2D eigenvalue weighted by Gasteiger charge is -2.46. The molecule has 3 heteroatoms. The third kappa shape index (κ3) is 3.37. The minimum atomic E-state index is -0.572. The Hall–Kier alpha value is -0.900. The molecule has 0 aromatic heterocycles. The number of benzene rings is 1. The highest BCUT2D eigenvalue weighted by Gasteiger charge is 2.44. The third-order valence-electron chi connectivity index (χ3n) is 5.61. The minimum absolute atomic E-state index is 0.276. The molecule has 1 saturated carbocycles. The van der Waals surface area contributed by atoms with Crippen molar-refractivity contribution >= 4 is 0 Å². The van der Waals surface area contributed by atoms with Gasteiger partial charge in [0.25, 0.3) is 0 Å². The van der Waals surface area contributed by atoms with E-state index in [2.05, 4.69) is 42.2 Å². The largest absolute Gasteiger partial charge is 0.389 e. The smallest absolute Gasteiger partial charge is 0.0753 e. The predicted octanol–water partition coefficient (Wildman–Crippen LogP) is 3.04. The fraction of sp³-hybridized carbons (Fsp3) is 0.684. The van der Waals surface area contributed by atoms with Crippen LogP contribution in [0.1, 0.15) is 44.1 Å². The maximum absolute atomic E-state index is 11.5. The van der Waals surface area contributed by atoms with E-state index in [0.717, 1.165) is 52.1 Å². The van der Waals surface area contributed by atoms with Gasteiger partial charge in [0, 0.05) is 25.6 Å². The molecule has 1 aromatic rings. The Morgan fingerprint density at radius 2 is 1.95 bits per heavy atom. The van der Waals surface area contributed by atoms with Crippen LogP contribution in [0.5, 0.6) is 0 Å². The fourth-order valence-electron chi connectivity index (χ4n) is 4.24. The molecule has 1 N–H and O–H groups in total. The molecule has 122 valence electrons. The standard InChI is InChI=1S/C19H29NO2/c1-16(15-20-11-13-22-14-12-20)19(21)10-6-5-9-18(19)17-7-3-2-4-8-17/h2-4,7-8,16,18,21H,5-6,9-15H2,1H3. The summed E-state index contributed by atoms with van der Waals surface area (Å²) >= 11 is 0. The summed E-state index contributed by atoms with van der Waals surface area (Å²) in [6, 6.07) is 10.6. The first-order valence-corrected chi connectivity index (χ1v) is 8.77. The van der Waals surface area contributed by atoms with Gasteiger partial charge in [0.15, 0.2) is 0 Å². The van der Waals surface area contributed by atoms with Crippen LogP contribution in [0.15, 0.2) is 30.3 Å². The molecule has 1 aliphatic heterocycles. The molecule has 0 radical (unpaired) electrons. The lowest BCUT2D eigenvalue weighted by Crippen LogP contribution is -2.50. The maximum atomic E-state index is 11.5. The number of nitrogens with zero attached hydrogens (tertiary/aromatic N) is 1. The van der Waals surface area contributed by atoms with E-state index in [1.54, 1.807) is 0 Å². The van der Waals surface area contributed by atoms with Crippen molar-refractivity contribution in [3.8, 4) is 0 Å². The highest BCUT2D eigenvalue weighted by atomic mass is 16.5. The summed E-state index contributed by atoms with van der Waals surface area (Å²) < 4.78 is 5.44. The molecule has 0 spiro atoms. The molecule has 3 nitrogen and oxygen atoms in total. The molecule has 3 rings (SSSR count). The third-order valence-corrected chi connectivity index (χ3v) is 5.61. The van der Waals surface area contributed by atoms with Crippen LogP contribution in [0.25, 0.3) is 0 Å². The number of hydrogen-bond donors (Lipinski definition) is 1. The van der Waals surface area contributed by atoms with E-state index < -0.39 is 5.60 Å². The Labute approximate surface area is 134 Å². The van der Waals surface area contributed by atoms with E-state index in [4.69, 9.17) is 4.74 Å². The van der Waals surface area contributed by atoms with Crippen molar-refractivity contribution in [1.82, 2.24) is 4.90 Å². The number of rotatable bonds is 4. The number of hydrogen-bond acceptors (Lipinski definition) is 3. The van der Waals surface area contributed by atoms with Gasteiger partial charge in [-0.25, -0.2) is 0 Å². The van der Waals surface area contributed by atoms with Crippen LogP contribution in [0.3, 0.4) is 0 Å². The minimum Gasteiger partial charge on any atom is -0.389 e. The number of ether oxygens (including phenoxy) is 1. The second-order valence-corrected chi connectivity index (χ2v) is 7.01. The van der Waals surface area contributed by atoms with Crippen LogP contribution >= 0.6 is 0 Å². The SMILES string of the molecule is CC(CN1CCOCC1)C1(O)CCCCC1c1ccccc1. The summed E-state index contributed by atoms with van der Waals surface area (Å²) in [6.07, 6.45) is 4.41. The fourth-order valence-corrected chi connectivity index (χ4v) is 4.24. The van der Waals surface area contributed by atoms with Crippen molar-refractivity contribution in [2.24, 2.45) is 5.92 Å². The summed E-state index contributed by atoms with van der Waals surface area (Å²) in [7, 11) is 0. The second kappa shape index (κ2) is 7.12. The van der Waals surface area contributed by atoms with E-state index >= 15 is 0 Å². The first-order valence-electron chi connectivity index (χ1n) is 8.77. The monoisotopic (exact) mass is 303 g/mol. The van der Waals surface area contributed by atoms with Gasteiger partial charge in [-0.05, 0) is 24.3 Å². The van der Waals surface area contributed by atoms with Gasteiger partial charge >= 0.3 is 0 Å². The molecule has 22 heavy (non-hydrogen) atoms. The predicted molar refractivity (Wildman–Crippen MR) is 89.0 cm³/mol. The van der Waals surface area contributed by atoms with Crippen molar-refractivity contribution in [2.45, 2.75) is 44.1 Å². The zero-order chi connectivity index (χ0) is 15.4. The van der Waals surface area contributed by atoms with Crippen molar-refractivity contribution in [2.75, 3.05) is 32.8 Å². The number of aliphatic hydroxyl groups is 1. The molecule has 0 bridgehead atoms. The van der Waals surface area contributed by atoms with Crippen LogP contribution in [0, 0.1) is 5.92 Å². The average Bonchev–Trinajstić information content (AvgIpc) is 2.57. The first-order chi connectivity index (χ1) is 10.7. The second-order valence-electron chi connectivity index (χ2n) is 7.01. The van der Waals surface area contributed by atoms with Gasteiger partial charge in [0.2, 0.25) is 0 Å². The van der Waals surface area contributed by atoms with Gasteiger partial charge in [-0.2, -0.15) is 0 Å². The number of morpholine rings is 1. The van der Waals surface area contributed by atoms with Gasteiger partial charge in [-0.3, -0.25) is 4.90 Å². The summed E-state index contributed by atoms with van der Waals surface area (Å²) in [6.45, 7) is 6.85. The maximum Gasteiger partial charge on any atom is 0.0753 e. The molecule has 1 aliphatic carbocycles. The summed E-state index contributed by atoms with van der Waals surface area (Å²) in [5.74, 6) is 0.564. The van der Waals surface area contributed by atoms with E-state index in [9.17, 15) is 5.11 Å². The Kier molecular flexibility index (Phi) is 5.17. The Balaban J connectivity index is 1.74. The van der Waals surface area contributed by atoms with Crippen LogP contribution in [0.2, 0.25) is 0 Å². The average molecular weight is 303 g/mol. The van der Waals surface area contributed by atoms with Crippen molar-refractivity contribution in [3.63, 3.8) is 0 Å². The molecular weight excluding hydrogens is 274 g/mol. The lowest BCUT2D eigenvalue weighted by atomic mass is 9.66. The van der Waals surface area contributed by atoms with Crippen molar-refractivity contribution in [3.05, 3.63) is 35.9 Å². The topological polar surface area (TPSA) is 32.7 Å². The van der Waals surface area contributed by atoms with E-state index in [-0.39, 0.29) is 11.8 Å². The van der Waals surface area contributed by atoms with Gasteiger partial charge in [0.05, 0.1) is 18.8 Å². The molecule has 3 unspecified atom stereocenters. The normalized spacial score (nSPS) is 31.8. The Morgan fingerprint density at radius 1 is 1.23 bits per heavy atom. The van der Waals surface area contributed by atoms with Crippen molar-refractivity contribution < 1.29 is 9.84 Å². The van der Waals surface area contributed by atoms with E-state index in [1.165, 1.54) is 12.0 Å². The molecule has 3 atom stereocenters. The first kappa shape index (κ1) is 16.0. The molecule has 2 fully saturated rings. The highest BCUT2D eigenvalue weighted by molar-refractivity contribution is 5.24. The summed E-state index contributed by atoms with van der Waals surface area (Å²) in [4.78, 5) is 2.45. The van der Waals surface area contributed by atoms with Crippen LogP contribution in [-0.4, -0.2) is 48.5 Å². The van der Waals surface area contributed by atoms with Crippen LogP contribution < -0.4 is 0 Å². The molecule has 1 saturated heterocycles. The Bertz CT molecular complexity index is 458. The lowest BCUT2D eigenvalue weighted by molar-refractivity contribution is -0.0775. The van der Waals surface area contributed by atoms with Crippen LogP contribution in [0.4, 0.5) is 0 Å². The molecule has 0 amide bonds. The van der Waals surface area contributed by atoms with E-state index in [1.807, 2.05) is 0 Å². The molecule has 1 aromatic carbocycles. The highest BCUT2D eigenvalue weighted by Crippen LogP contribution is 2.45. The molecule has 1 heterocycles.